The normalized spacial score (nSPS) is 41.0. The largest absolute Gasteiger partial charge is 0.352 e. The maximum absolute atomic E-state index is 12.3. The van der Waals surface area contributed by atoms with Gasteiger partial charge in [0.15, 0.2) is 0 Å². The molecular formula is C17H26N2O2S. The van der Waals surface area contributed by atoms with E-state index in [1.54, 1.807) is 16.7 Å². The highest BCUT2D eigenvalue weighted by Gasteiger charge is 2.53. The molecule has 0 radical (unpaired) electrons. The van der Waals surface area contributed by atoms with Crippen LogP contribution < -0.4 is 5.32 Å². The molecule has 4 nitrogen and oxygen atoms in total. The van der Waals surface area contributed by atoms with Gasteiger partial charge < -0.3 is 10.2 Å². The van der Waals surface area contributed by atoms with Crippen LogP contribution in [-0.4, -0.2) is 40.9 Å². The number of nitrogens with one attached hydrogen (secondary N) is 1. The number of amides is 2. The van der Waals surface area contributed by atoms with Crippen molar-refractivity contribution in [3.63, 3.8) is 0 Å². The van der Waals surface area contributed by atoms with Crippen molar-refractivity contribution < 1.29 is 9.59 Å². The summed E-state index contributed by atoms with van der Waals surface area (Å²) < 4.78 is 0. The summed E-state index contributed by atoms with van der Waals surface area (Å²) >= 11 is 1.59. The van der Waals surface area contributed by atoms with Crippen molar-refractivity contribution >= 4 is 23.6 Å². The van der Waals surface area contributed by atoms with E-state index in [1.165, 1.54) is 38.5 Å². The van der Waals surface area contributed by atoms with E-state index in [0.717, 1.165) is 17.8 Å². The monoisotopic (exact) mass is 322 g/mol. The van der Waals surface area contributed by atoms with E-state index in [9.17, 15) is 9.59 Å². The van der Waals surface area contributed by atoms with Gasteiger partial charge in [0.2, 0.25) is 11.8 Å². The van der Waals surface area contributed by atoms with Gasteiger partial charge in [-0.3, -0.25) is 9.59 Å². The molecule has 4 bridgehead atoms. The number of carbonyl (C=O) groups excluding carboxylic acids is 2. The minimum atomic E-state index is 0.0269. The van der Waals surface area contributed by atoms with Gasteiger partial charge >= 0.3 is 0 Å². The Morgan fingerprint density at radius 3 is 2.36 bits per heavy atom. The highest BCUT2D eigenvalue weighted by Crippen LogP contribution is 2.61. The summed E-state index contributed by atoms with van der Waals surface area (Å²) in [6.45, 7) is 2.44. The van der Waals surface area contributed by atoms with Crippen LogP contribution in [0.25, 0.3) is 0 Å². The lowest BCUT2D eigenvalue weighted by molar-refractivity contribution is -0.134. The first-order valence-electron chi connectivity index (χ1n) is 8.69. The molecular weight excluding hydrogens is 296 g/mol. The molecule has 122 valence electrons. The van der Waals surface area contributed by atoms with Crippen LogP contribution in [0.15, 0.2) is 0 Å². The summed E-state index contributed by atoms with van der Waals surface area (Å²) in [4.78, 5) is 25.6. The molecule has 1 heterocycles. The minimum absolute atomic E-state index is 0.0269. The van der Waals surface area contributed by atoms with Gasteiger partial charge in [0.1, 0.15) is 6.54 Å². The van der Waals surface area contributed by atoms with Crippen LogP contribution in [0.3, 0.4) is 0 Å². The predicted octanol–water partition coefficient (Wildman–Crippen LogP) is 2.24. The third-order valence-corrected chi connectivity index (χ3v) is 7.49. The highest BCUT2D eigenvalue weighted by atomic mass is 32.2. The first-order chi connectivity index (χ1) is 10.5. The summed E-state index contributed by atoms with van der Waals surface area (Å²) in [7, 11) is 0. The Hall–Kier alpha value is -0.710. The Bertz CT molecular complexity index is 458. The molecule has 4 aliphatic carbocycles. The first-order valence-corrected chi connectivity index (χ1v) is 9.84. The molecule has 2 amide bonds. The zero-order valence-corrected chi connectivity index (χ0v) is 14.2. The Morgan fingerprint density at radius 2 is 1.86 bits per heavy atom. The van der Waals surface area contributed by atoms with Crippen molar-refractivity contribution in [2.75, 3.05) is 18.2 Å². The van der Waals surface area contributed by atoms with Crippen molar-refractivity contribution in [3.05, 3.63) is 0 Å². The Balaban J connectivity index is 1.38. The van der Waals surface area contributed by atoms with Crippen molar-refractivity contribution in [2.45, 2.75) is 51.5 Å². The minimum Gasteiger partial charge on any atom is -0.352 e. The fourth-order valence-corrected chi connectivity index (χ4v) is 6.77. The van der Waals surface area contributed by atoms with Crippen molar-refractivity contribution in [1.29, 1.82) is 0 Å². The third-order valence-electron chi connectivity index (χ3n) is 6.54. The second kappa shape index (κ2) is 5.43. The zero-order valence-electron chi connectivity index (χ0n) is 13.3. The van der Waals surface area contributed by atoms with Crippen molar-refractivity contribution in [3.8, 4) is 0 Å². The predicted molar refractivity (Wildman–Crippen MR) is 87.2 cm³/mol. The summed E-state index contributed by atoms with van der Waals surface area (Å²) in [6.07, 6.45) is 8.20. The van der Waals surface area contributed by atoms with Gasteiger partial charge in [0, 0.05) is 6.04 Å². The molecule has 22 heavy (non-hydrogen) atoms. The van der Waals surface area contributed by atoms with Gasteiger partial charge in [0.05, 0.1) is 11.6 Å². The molecule has 4 saturated carbocycles. The Labute approximate surface area is 136 Å². The van der Waals surface area contributed by atoms with Crippen LogP contribution in [0.5, 0.6) is 0 Å². The average molecular weight is 322 g/mol. The fraction of sp³-hybridized carbons (Fsp3) is 0.882. The molecule has 5 heteroatoms. The van der Waals surface area contributed by atoms with Crippen LogP contribution in [0.2, 0.25) is 0 Å². The number of carbonyl (C=O) groups is 2. The lowest BCUT2D eigenvalue weighted by Crippen LogP contribution is -2.56. The van der Waals surface area contributed by atoms with Gasteiger partial charge in [-0.2, -0.15) is 0 Å². The average Bonchev–Trinajstić information content (AvgIpc) is 2.82. The molecule has 0 aromatic rings. The molecule has 5 fully saturated rings. The van der Waals surface area contributed by atoms with Gasteiger partial charge in [-0.15, -0.1) is 11.8 Å². The quantitative estimate of drug-likeness (QED) is 0.863. The Kier molecular flexibility index (Phi) is 3.67. The fourth-order valence-electron chi connectivity index (χ4n) is 5.86. The molecule has 0 unspecified atom stereocenters. The van der Waals surface area contributed by atoms with Crippen LogP contribution in [0.4, 0.5) is 0 Å². The van der Waals surface area contributed by atoms with Gasteiger partial charge in [0.25, 0.3) is 0 Å². The number of hydrogen-bond acceptors (Lipinski definition) is 3. The maximum atomic E-state index is 12.3. The molecule has 0 spiro atoms. The molecule has 1 atom stereocenters. The van der Waals surface area contributed by atoms with E-state index < -0.39 is 0 Å². The van der Waals surface area contributed by atoms with Gasteiger partial charge in [-0.25, -0.2) is 0 Å². The summed E-state index contributed by atoms with van der Waals surface area (Å²) in [5, 5.41) is 3.24. The molecule has 1 saturated heterocycles. The second-order valence-corrected chi connectivity index (χ2v) is 9.09. The number of nitrogens with zero attached hydrogens (tertiary/aromatic N) is 1. The molecule has 1 aliphatic heterocycles. The number of rotatable bonds is 4. The molecule has 5 rings (SSSR count). The van der Waals surface area contributed by atoms with Crippen LogP contribution in [0, 0.1) is 23.2 Å². The Morgan fingerprint density at radius 1 is 1.27 bits per heavy atom. The SMILES string of the molecule is C[C@H](NC(=O)CN1CSCC1=O)C12CC3CC(CC(C3)C1)C2. The third kappa shape index (κ3) is 2.55. The molecule has 1 N–H and O–H groups in total. The van der Waals surface area contributed by atoms with Crippen molar-refractivity contribution in [1.82, 2.24) is 10.2 Å². The lowest BCUT2D eigenvalue weighted by atomic mass is 9.48. The maximum Gasteiger partial charge on any atom is 0.239 e. The standard InChI is InChI=1S/C17H26N2O2S/c1-11(18-15(20)8-19-10-22-9-16(19)21)17-5-12-2-13(6-17)4-14(3-12)7-17/h11-14H,2-10H2,1H3,(H,18,20)/t11-,12?,13?,14?,17?/m0/s1. The van der Waals surface area contributed by atoms with Gasteiger partial charge in [-0.05, 0) is 68.6 Å². The molecule has 5 aliphatic rings. The number of thioether (sulfide) groups is 1. The van der Waals surface area contributed by atoms with Crippen molar-refractivity contribution in [2.24, 2.45) is 23.2 Å². The molecule has 0 aromatic heterocycles. The highest BCUT2D eigenvalue weighted by molar-refractivity contribution is 8.00. The first kappa shape index (κ1) is 14.9. The second-order valence-electron chi connectivity index (χ2n) is 8.14. The van der Waals surface area contributed by atoms with E-state index in [2.05, 4.69) is 12.2 Å². The van der Waals surface area contributed by atoms with Crippen LogP contribution in [-0.2, 0) is 9.59 Å². The van der Waals surface area contributed by atoms with Gasteiger partial charge in [-0.1, -0.05) is 0 Å². The van der Waals surface area contributed by atoms with Crippen LogP contribution >= 0.6 is 11.8 Å². The molecule has 0 aromatic carbocycles. The van der Waals surface area contributed by atoms with Crippen LogP contribution in [0.1, 0.15) is 45.4 Å². The van der Waals surface area contributed by atoms with E-state index in [4.69, 9.17) is 0 Å². The zero-order chi connectivity index (χ0) is 15.3. The van der Waals surface area contributed by atoms with E-state index >= 15 is 0 Å². The smallest absolute Gasteiger partial charge is 0.239 e. The lowest BCUT2D eigenvalue weighted by Gasteiger charge is -2.59. The van der Waals surface area contributed by atoms with E-state index in [0.29, 0.717) is 17.0 Å². The summed E-state index contributed by atoms with van der Waals surface area (Å²) in [5.41, 5.74) is 0.341. The number of hydrogen-bond donors (Lipinski definition) is 1. The summed E-state index contributed by atoms with van der Waals surface area (Å²) in [5.74, 6) is 4.03. The summed E-state index contributed by atoms with van der Waals surface area (Å²) in [6, 6.07) is 0.249. The topological polar surface area (TPSA) is 49.4 Å². The van der Waals surface area contributed by atoms with E-state index in [-0.39, 0.29) is 24.4 Å². The van der Waals surface area contributed by atoms with E-state index in [1.807, 2.05) is 0 Å².